The van der Waals surface area contributed by atoms with Gasteiger partial charge in [0.25, 0.3) is 0 Å². The van der Waals surface area contributed by atoms with Crippen LogP contribution in [-0.4, -0.2) is 7.11 Å². The summed E-state index contributed by atoms with van der Waals surface area (Å²) in [7, 11) is 1.63. The number of benzene rings is 1. The second kappa shape index (κ2) is 5.52. The van der Waals surface area contributed by atoms with Crippen LogP contribution in [-0.2, 0) is 6.42 Å². The third kappa shape index (κ3) is 2.99. The van der Waals surface area contributed by atoms with Crippen molar-refractivity contribution in [1.82, 2.24) is 0 Å². The summed E-state index contributed by atoms with van der Waals surface area (Å²) in [6, 6.07) is 8.31. The van der Waals surface area contributed by atoms with Gasteiger partial charge in [-0.1, -0.05) is 12.1 Å². The summed E-state index contributed by atoms with van der Waals surface area (Å²) in [4.78, 5) is 1.01. The molecule has 0 saturated heterocycles. The Morgan fingerprint density at radius 2 is 2.00 bits per heavy atom. The van der Waals surface area contributed by atoms with Gasteiger partial charge in [0.15, 0.2) is 0 Å². The second-order valence-corrected chi connectivity index (χ2v) is 5.13. The van der Waals surface area contributed by atoms with E-state index in [4.69, 9.17) is 16.3 Å². The average molecular weight is 271 g/mol. The molecule has 0 aliphatic carbocycles. The predicted octanol–water partition coefficient (Wildman–Crippen LogP) is 4.42. The van der Waals surface area contributed by atoms with E-state index in [1.807, 2.05) is 11.4 Å². The molecule has 0 aliphatic rings. The molecule has 0 N–H and O–H groups in total. The molecule has 1 atom stereocenters. The maximum atomic E-state index is 12.8. The molecule has 1 aromatic carbocycles. The van der Waals surface area contributed by atoms with Gasteiger partial charge in [0.1, 0.15) is 11.6 Å². The molecule has 0 radical (unpaired) electrons. The lowest BCUT2D eigenvalue weighted by Gasteiger charge is -2.09. The molecule has 17 heavy (non-hydrogen) atoms. The third-order valence-electron chi connectivity index (χ3n) is 2.49. The van der Waals surface area contributed by atoms with Gasteiger partial charge in [-0.3, -0.25) is 0 Å². The predicted molar refractivity (Wildman–Crippen MR) is 69.6 cm³/mol. The fraction of sp³-hybridized carbons (Fsp3) is 0.231. The van der Waals surface area contributed by atoms with Crippen molar-refractivity contribution in [2.45, 2.75) is 11.8 Å². The molecule has 4 heteroatoms. The Labute approximate surface area is 109 Å². The number of hydrogen-bond acceptors (Lipinski definition) is 2. The van der Waals surface area contributed by atoms with Crippen molar-refractivity contribution in [2.24, 2.45) is 0 Å². The molecule has 0 fully saturated rings. The number of hydrogen-bond donors (Lipinski definition) is 0. The van der Waals surface area contributed by atoms with E-state index in [1.165, 1.54) is 12.1 Å². The van der Waals surface area contributed by atoms with Crippen LogP contribution in [0.15, 0.2) is 35.7 Å². The Morgan fingerprint density at radius 1 is 1.29 bits per heavy atom. The van der Waals surface area contributed by atoms with E-state index in [0.29, 0.717) is 6.42 Å². The van der Waals surface area contributed by atoms with Crippen molar-refractivity contribution in [3.05, 3.63) is 52.0 Å². The van der Waals surface area contributed by atoms with Crippen LogP contribution in [0, 0.1) is 5.82 Å². The van der Waals surface area contributed by atoms with Crippen molar-refractivity contribution in [2.75, 3.05) is 7.11 Å². The van der Waals surface area contributed by atoms with E-state index in [1.54, 1.807) is 30.6 Å². The molecule has 2 aromatic rings. The van der Waals surface area contributed by atoms with Gasteiger partial charge in [0.2, 0.25) is 0 Å². The Bertz CT molecular complexity index is 480. The van der Waals surface area contributed by atoms with Gasteiger partial charge in [-0.25, -0.2) is 4.39 Å². The molecule has 90 valence electrons. The molecule has 0 aliphatic heterocycles. The summed E-state index contributed by atoms with van der Waals surface area (Å²) >= 11 is 7.92. The van der Waals surface area contributed by atoms with Crippen molar-refractivity contribution >= 4 is 22.9 Å². The maximum absolute atomic E-state index is 12.8. The highest BCUT2D eigenvalue weighted by Crippen LogP contribution is 2.36. The van der Waals surface area contributed by atoms with E-state index < -0.39 is 0 Å². The largest absolute Gasteiger partial charge is 0.496 e. The minimum absolute atomic E-state index is 0.143. The summed E-state index contributed by atoms with van der Waals surface area (Å²) in [5.74, 6) is 0.589. The molecule has 0 spiro atoms. The Hall–Kier alpha value is -1.06. The first-order chi connectivity index (χ1) is 8.20. The first-order valence-corrected chi connectivity index (χ1v) is 6.52. The second-order valence-electron chi connectivity index (χ2n) is 3.65. The number of ether oxygens (including phenoxy) is 1. The fourth-order valence-corrected chi connectivity index (χ4v) is 2.90. The Morgan fingerprint density at radius 3 is 2.65 bits per heavy atom. The van der Waals surface area contributed by atoms with Gasteiger partial charge in [-0.2, -0.15) is 0 Å². The topological polar surface area (TPSA) is 9.23 Å². The third-order valence-corrected chi connectivity index (χ3v) is 4.00. The SMILES string of the molecule is COc1ccsc1C(Cl)Cc1ccc(F)cc1. The summed E-state index contributed by atoms with van der Waals surface area (Å²) < 4.78 is 18.0. The summed E-state index contributed by atoms with van der Waals surface area (Å²) in [6.45, 7) is 0. The van der Waals surface area contributed by atoms with Crippen LogP contribution < -0.4 is 4.74 Å². The van der Waals surface area contributed by atoms with Crippen LogP contribution in [0.2, 0.25) is 0 Å². The molecule has 1 aromatic heterocycles. The summed E-state index contributed by atoms with van der Waals surface area (Å²) in [6.07, 6.45) is 0.665. The fourth-order valence-electron chi connectivity index (χ4n) is 1.63. The normalized spacial score (nSPS) is 12.4. The molecule has 0 bridgehead atoms. The standard InChI is InChI=1S/C13H12ClFOS/c1-16-12-6-7-17-13(12)11(14)8-9-2-4-10(15)5-3-9/h2-7,11H,8H2,1H3. The maximum Gasteiger partial charge on any atom is 0.134 e. The number of methoxy groups -OCH3 is 1. The van der Waals surface area contributed by atoms with Crippen molar-refractivity contribution in [3.63, 3.8) is 0 Å². The first-order valence-electron chi connectivity index (χ1n) is 5.20. The van der Waals surface area contributed by atoms with Crippen LogP contribution >= 0.6 is 22.9 Å². The minimum Gasteiger partial charge on any atom is -0.496 e. The number of halogens is 2. The monoisotopic (exact) mass is 270 g/mol. The molecular formula is C13H12ClFOS. The van der Waals surface area contributed by atoms with Crippen LogP contribution in [0.5, 0.6) is 5.75 Å². The number of alkyl halides is 1. The first kappa shape index (κ1) is 12.4. The highest BCUT2D eigenvalue weighted by atomic mass is 35.5. The van der Waals surface area contributed by atoms with E-state index >= 15 is 0 Å². The van der Waals surface area contributed by atoms with Gasteiger partial charge in [-0.05, 0) is 35.6 Å². The zero-order valence-electron chi connectivity index (χ0n) is 9.32. The van der Waals surface area contributed by atoms with E-state index in [-0.39, 0.29) is 11.2 Å². The Kier molecular flexibility index (Phi) is 4.02. The summed E-state index contributed by atoms with van der Waals surface area (Å²) in [5, 5.41) is 1.81. The van der Waals surface area contributed by atoms with Crippen LogP contribution in [0.1, 0.15) is 15.8 Å². The Balaban J connectivity index is 2.11. The van der Waals surface area contributed by atoms with Crippen molar-refractivity contribution < 1.29 is 9.13 Å². The quantitative estimate of drug-likeness (QED) is 0.748. The van der Waals surface area contributed by atoms with E-state index in [9.17, 15) is 4.39 Å². The van der Waals surface area contributed by atoms with Crippen LogP contribution in [0.4, 0.5) is 4.39 Å². The van der Waals surface area contributed by atoms with Gasteiger partial charge in [-0.15, -0.1) is 22.9 Å². The lowest BCUT2D eigenvalue weighted by atomic mass is 10.1. The minimum atomic E-state index is -0.228. The van der Waals surface area contributed by atoms with Crippen molar-refractivity contribution in [1.29, 1.82) is 0 Å². The molecule has 1 heterocycles. The highest BCUT2D eigenvalue weighted by Gasteiger charge is 2.15. The highest BCUT2D eigenvalue weighted by molar-refractivity contribution is 7.10. The zero-order chi connectivity index (χ0) is 12.3. The van der Waals surface area contributed by atoms with E-state index in [2.05, 4.69) is 0 Å². The van der Waals surface area contributed by atoms with Gasteiger partial charge < -0.3 is 4.74 Å². The molecule has 1 unspecified atom stereocenters. The van der Waals surface area contributed by atoms with Gasteiger partial charge in [0.05, 0.1) is 17.4 Å². The van der Waals surface area contributed by atoms with Gasteiger partial charge in [0, 0.05) is 0 Å². The van der Waals surface area contributed by atoms with Crippen LogP contribution in [0.25, 0.3) is 0 Å². The molecule has 2 rings (SSSR count). The molecule has 0 saturated carbocycles. The van der Waals surface area contributed by atoms with Gasteiger partial charge >= 0.3 is 0 Å². The van der Waals surface area contributed by atoms with E-state index in [0.717, 1.165) is 16.2 Å². The van der Waals surface area contributed by atoms with Crippen LogP contribution in [0.3, 0.4) is 0 Å². The molecule has 1 nitrogen and oxygen atoms in total. The zero-order valence-corrected chi connectivity index (χ0v) is 10.9. The lowest BCUT2D eigenvalue weighted by Crippen LogP contribution is -1.96. The molecular weight excluding hydrogens is 259 g/mol. The van der Waals surface area contributed by atoms with Crippen molar-refractivity contribution in [3.8, 4) is 5.75 Å². The smallest absolute Gasteiger partial charge is 0.134 e. The summed E-state index contributed by atoms with van der Waals surface area (Å²) in [5.41, 5.74) is 1.02. The lowest BCUT2D eigenvalue weighted by molar-refractivity contribution is 0.412. The molecule has 0 amide bonds. The number of thiophene rings is 1. The average Bonchev–Trinajstić information content (AvgIpc) is 2.80. The number of rotatable bonds is 4.